The molecule has 164 valence electrons. The number of nitrogens with zero attached hydrogens (tertiary/aromatic N) is 3. The minimum Gasteiger partial charge on any atom is -0.439 e. The van der Waals surface area contributed by atoms with Gasteiger partial charge in [0, 0.05) is 51.0 Å². The first-order valence-corrected chi connectivity index (χ1v) is 10.0. The highest BCUT2D eigenvalue weighted by atomic mass is 127. The molecule has 2 atom stereocenters. The second-order valence-corrected chi connectivity index (χ2v) is 7.76. The zero-order chi connectivity index (χ0) is 20.8. The Kier molecular flexibility index (Phi) is 9.29. The quantitative estimate of drug-likeness (QED) is 0.338. The van der Waals surface area contributed by atoms with E-state index in [9.17, 15) is 4.39 Å². The van der Waals surface area contributed by atoms with Crippen LogP contribution >= 0.6 is 24.0 Å². The van der Waals surface area contributed by atoms with Crippen LogP contribution in [0.4, 0.5) is 4.39 Å². The maximum atomic E-state index is 13.0. The number of nitrogens with one attached hydrogen (secondary N) is 2. The van der Waals surface area contributed by atoms with Crippen molar-refractivity contribution in [3.8, 4) is 11.6 Å². The van der Waals surface area contributed by atoms with Crippen molar-refractivity contribution in [2.45, 2.75) is 39.4 Å². The second-order valence-electron chi connectivity index (χ2n) is 7.76. The van der Waals surface area contributed by atoms with Crippen molar-refractivity contribution >= 4 is 29.9 Å². The minimum absolute atomic E-state index is 0. The summed E-state index contributed by atoms with van der Waals surface area (Å²) in [6, 6.07) is 10.6. The zero-order valence-electron chi connectivity index (χ0n) is 17.9. The van der Waals surface area contributed by atoms with E-state index in [0.29, 0.717) is 36.2 Å². The second kappa shape index (κ2) is 11.5. The molecule has 0 bridgehead atoms. The van der Waals surface area contributed by atoms with Crippen molar-refractivity contribution in [2.24, 2.45) is 10.9 Å². The van der Waals surface area contributed by atoms with Crippen LogP contribution < -0.4 is 15.4 Å². The topological polar surface area (TPSA) is 61.8 Å². The monoisotopic (exact) mass is 527 g/mol. The van der Waals surface area contributed by atoms with Crippen molar-refractivity contribution in [3.63, 3.8) is 0 Å². The summed E-state index contributed by atoms with van der Waals surface area (Å²) < 4.78 is 18.7. The summed E-state index contributed by atoms with van der Waals surface area (Å²) in [6.07, 6.45) is 1.70. The molecule has 1 saturated heterocycles. The molecule has 30 heavy (non-hydrogen) atoms. The van der Waals surface area contributed by atoms with Crippen LogP contribution in [-0.4, -0.2) is 48.1 Å². The van der Waals surface area contributed by atoms with E-state index in [1.165, 1.54) is 12.1 Å². The fraction of sp³-hybridized carbons (Fsp3) is 0.455. The van der Waals surface area contributed by atoms with Crippen LogP contribution in [-0.2, 0) is 6.54 Å². The number of hydrogen-bond donors (Lipinski definition) is 2. The molecule has 1 aromatic heterocycles. The van der Waals surface area contributed by atoms with Gasteiger partial charge in [-0.25, -0.2) is 9.37 Å². The van der Waals surface area contributed by atoms with E-state index in [-0.39, 0.29) is 29.8 Å². The van der Waals surface area contributed by atoms with E-state index in [4.69, 9.17) is 4.74 Å². The summed E-state index contributed by atoms with van der Waals surface area (Å²) in [4.78, 5) is 11.1. The molecule has 2 N–H and O–H groups in total. The van der Waals surface area contributed by atoms with Gasteiger partial charge in [0.1, 0.15) is 11.6 Å². The Morgan fingerprint density at radius 1 is 1.27 bits per heavy atom. The third-order valence-corrected chi connectivity index (χ3v) is 5.21. The predicted octanol–water partition coefficient (Wildman–Crippen LogP) is 4.02. The van der Waals surface area contributed by atoms with E-state index in [2.05, 4.69) is 46.3 Å². The van der Waals surface area contributed by atoms with Gasteiger partial charge in [0.15, 0.2) is 5.96 Å². The number of hydrogen-bond acceptors (Lipinski definition) is 4. The van der Waals surface area contributed by atoms with Crippen molar-refractivity contribution in [3.05, 3.63) is 54.0 Å². The number of guanidine groups is 1. The molecule has 6 nitrogen and oxygen atoms in total. The zero-order valence-corrected chi connectivity index (χ0v) is 20.3. The van der Waals surface area contributed by atoms with E-state index >= 15 is 0 Å². The number of aromatic nitrogens is 1. The lowest BCUT2D eigenvalue weighted by atomic mass is 10.1. The molecule has 0 saturated carbocycles. The van der Waals surface area contributed by atoms with Crippen LogP contribution in [0.2, 0.25) is 0 Å². The van der Waals surface area contributed by atoms with E-state index in [1.807, 2.05) is 12.1 Å². The van der Waals surface area contributed by atoms with Crippen LogP contribution in [0.15, 0.2) is 47.6 Å². The summed E-state index contributed by atoms with van der Waals surface area (Å²) in [6.45, 7) is 9.45. The van der Waals surface area contributed by atoms with E-state index in [0.717, 1.165) is 24.6 Å². The summed E-state index contributed by atoms with van der Waals surface area (Å²) >= 11 is 0. The lowest BCUT2D eigenvalue weighted by molar-refractivity contribution is 0.265. The standard InChI is InChI=1S/C22H30FN5O.HI/c1-15(2)28-13-16(3)20(14-28)27-22(24-4)26-12-17-9-10-25-21(11-17)29-19-7-5-18(23)6-8-19;/h5-11,15-16,20H,12-14H2,1-4H3,(H2,24,26,27);1H. The molecule has 2 aromatic rings. The average molecular weight is 527 g/mol. The first kappa shape index (κ1) is 24.3. The largest absolute Gasteiger partial charge is 0.439 e. The Morgan fingerprint density at radius 3 is 2.63 bits per heavy atom. The van der Waals surface area contributed by atoms with Crippen LogP contribution in [0.5, 0.6) is 11.6 Å². The van der Waals surface area contributed by atoms with Gasteiger partial charge in [-0.2, -0.15) is 0 Å². The molecule has 8 heteroatoms. The molecule has 2 heterocycles. The molecule has 0 amide bonds. The van der Waals surface area contributed by atoms with Gasteiger partial charge >= 0.3 is 0 Å². The van der Waals surface area contributed by atoms with Gasteiger partial charge in [0.25, 0.3) is 0 Å². The Morgan fingerprint density at radius 2 is 2.00 bits per heavy atom. The Balaban J connectivity index is 0.00000320. The molecule has 3 rings (SSSR count). The maximum absolute atomic E-state index is 13.0. The van der Waals surface area contributed by atoms with Gasteiger partial charge in [0.2, 0.25) is 5.88 Å². The average Bonchev–Trinajstić information content (AvgIpc) is 3.08. The Hall–Kier alpha value is -1.94. The van der Waals surface area contributed by atoms with Crippen LogP contribution in [0.25, 0.3) is 0 Å². The Labute approximate surface area is 195 Å². The number of aliphatic imine (C=N–C) groups is 1. The highest BCUT2D eigenvalue weighted by Gasteiger charge is 2.31. The van der Waals surface area contributed by atoms with Crippen LogP contribution in [0.3, 0.4) is 0 Å². The molecule has 1 aliphatic rings. The summed E-state index contributed by atoms with van der Waals surface area (Å²) in [5.41, 5.74) is 1.02. The molecule has 1 aliphatic heterocycles. The van der Waals surface area contributed by atoms with E-state index < -0.39 is 0 Å². The van der Waals surface area contributed by atoms with Gasteiger partial charge in [0.05, 0.1) is 0 Å². The summed E-state index contributed by atoms with van der Waals surface area (Å²) in [7, 11) is 1.78. The molecular weight excluding hydrogens is 496 g/mol. The van der Waals surface area contributed by atoms with Gasteiger partial charge < -0.3 is 15.4 Å². The first-order valence-electron chi connectivity index (χ1n) is 10.0. The number of ether oxygens (including phenoxy) is 1. The molecule has 1 aromatic carbocycles. The lowest BCUT2D eigenvalue weighted by Gasteiger charge is -2.22. The fourth-order valence-electron chi connectivity index (χ4n) is 3.41. The summed E-state index contributed by atoms with van der Waals surface area (Å²) in [5.74, 6) is 2.07. The number of rotatable bonds is 6. The molecule has 0 radical (unpaired) electrons. The van der Waals surface area contributed by atoms with E-state index in [1.54, 1.807) is 25.4 Å². The van der Waals surface area contributed by atoms with Crippen molar-refractivity contribution in [1.29, 1.82) is 0 Å². The highest BCUT2D eigenvalue weighted by molar-refractivity contribution is 14.0. The normalized spacial score (nSPS) is 19.5. The third-order valence-electron chi connectivity index (χ3n) is 5.21. The van der Waals surface area contributed by atoms with Crippen LogP contribution in [0.1, 0.15) is 26.3 Å². The molecular formula is C22H31FIN5O. The van der Waals surface area contributed by atoms with Gasteiger partial charge in [-0.15, -0.1) is 24.0 Å². The predicted molar refractivity (Wildman–Crippen MR) is 129 cm³/mol. The molecule has 0 spiro atoms. The Bertz CT molecular complexity index is 831. The number of benzene rings is 1. The SMILES string of the molecule is CN=C(NCc1ccnc(Oc2ccc(F)cc2)c1)NC1CN(C(C)C)CC1C.I. The maximum Gasteiger partial charge on any atom is 0.219 e. The lowest BCUT2D eigenvalue weighted by Crippen LogP contribution is -2.46. The smallest absolute Gasteiger partial charge is 0.219 e. The first-order chi connectivity index (χ1) is 13.9. The van der Waals surface area contributed by atoms with Crippen molar-refractivity contribution in [2.75, 3.05) is 20.1 Å². The highest BCUT2D eigenvalue weighted by Crippen LogP contribution is 2.21. The van der Waals surface area contributed by atoms with Crippen molar-refractivity contribution < 1.29 is 9.13 Å². The molecule has 0 aliphatic carbocycles. The van der Waals surface area contributed by atoms with Gasteiger partial charge in [-0.3, -0.25) is 9.89 Å². The minimum atomic E-state index is -0.296. The van der Waals surface area contributed by atoms with Crippen molar-refractivity contribution in [1.82, 2.24) is 20.5 Å². The third kappa shape index (κ3) is 6.80. The van der Waals surface area contributed by atoms with Gasteiger partial charge in [-0.1, -0.05) is 6.92 Å². The summed E-state index contributed by atoms with van der Waals surface area (Å²) in [5, 5.41) is 6.91. The number of halogens is 2. The van der Waals surface area contributed by atoms with Gasteiger partial charge in [-0.05, 0) is 55.7 Å². The number of pyridine rings is 1. The van der Waals surface area contributed by atoms with Crippen LogP contribution in [0, 0.1) is 11.7 Å². The number of likely N-dealkylation sites (tertiary alicyclic amines) is 1. The fourth-order valence-corrected chi connectivity index (χ4v) is 3.41. The molecule has 2 unspecified atom stereocenters. The molecule has 1 fully saturated rings.